The fourth-order valence-corrected chi connectivity index (χ4v) is 4.01. The molecule has 3 aromatic rings. The van der Waals surface area contributed by atoms with Crippen LogP contribution in [0.2, 0.25) is 0 Å². The van der Waals surface area contributed by atoms with E-state index in [9.17, 15) is 4.79 Å². The van der Waals surface area contributed by atoms with Crippen molar-refractivity contribution in [3.8, 4) is 11.5 Å². The van der Waals surface area contributed by atoms with Gasteiger partial charge in [0.25, 0.3) is 0 Å². The number of nitrogens with zero attached hydrogens (tertiary/aromatic N) is 2. The van der Waals surface area contributed by atoms with Crippen LogP contribution in [-0.2, 0) is 6.54 Å². The first-order chi connectivity index (χ1) is 9.95. The maximum atomic E-state index is 13.0. The van der Waals surface area contributed by atoms with E-state index in [1.807, 2.05) is 20.8 Å². The van der Waals surface area contributed by atoms with Crippen LogP contribution in [0.15, 0.2) is 15.5 Å². The molecule has 0 unspecified atom stereocenters. The van der Waals surface area contributed by atoms with E-state index in [1.165, 1.54) is 4.88 Å². The lowest BCUT2D eigenvalue weighted by molar-refractivity contribution is 0.571. The second kappa shape index (κ2) is 4.84. The molecule has 0 bridgehead atoms. The van der Waals surface area contributed by atoms with E-state index < -0.39 is 0 Å². The number of hydrogen-bond acceptors (Lipinski definition) is 4. The largest absolute Gasteiger partial charge is 0.444 e. The molecule has 0 aliphatic rings. The van der Waals surface area contributed by atoms with Crippen LogP contribution in [0.5, 0.6) is 0 Å². The minimum atomic E-state index is 0.0240. The second-order valence-electron chi connectivity index (χ2n) is 5.29. The SMILES string of the molecule is CCn1c(C)c(-c2nc(C)co2)c(=O)c2c(C)c(C)sc21. The molecule has 0 atom stereocenters. The Morgan fingerprint density at radius 2 is 2.00 bits per heavy atom. The Morgan fingerprint density at radius 3 is 2.57 bits per heavy atom. The van der Waals surface area contributed by atoms with Crippen LogP contribution in [0.3, 0.4) is 0 Å². The molecule has 0 aliphatic heterocycles. The van der Waals surface area contributed by atoms with E-state index in [2.05, 4.69) is 23.4 Å². The molecular weight excluding hydrogens is 284 g/mol. The van der Waals surface area contributed by atoms with Crippen molar-refractivity contribution in [3.05, 3.63) is 38.3 Å². The number of pyridine rings is 1. The van der Waals surface area contributed by atoms with Crippen LogP contribution in [0.25, 0.3) is 21.7 Å². The quantitative estimate of drug-likeness (QED) is 0.719. The number of aromatic nitrogens is 2. The number of oxazole rings is 1. The molecule has 3 rings (SSSR count). The first-order valence-electron chi connectivity index (χ1n) is 7.01. The van der Waals surface area contributed by atoms with Gasteiger partial charge in [-0.25, -0.2) is 4.98 Å². The van der Waals surface area contributed by atoms with Crippen LogP contribution in [0, 0.1) is 27.7 Å². The highest BCUT2D eigenvalue weighted by Gasteiger charge is 2.21. The van der Waals surface area contributed by atoms with Crippen molar-refractivity contribution in [2.45, 2.75) is 41.2 Å². The normalized spacial score (nSPS) is 11.5. The second-order valence-corrected chi connectivity index (χ2v) is 6.49. The van der Waals surface area contributed by atoms with Gasteiger partial charge in [0.15, 0.2) is 0 Å². The Labute approximate surface area is 127 Å². The smallest absolute Gasteiger partial charge is 0.231 e. The van der Waals surface area contributed by atoms with Crippen LogP contribution >= 0.6 is 11.3 Å². The summed E-state index contributed by atoms with van der Waals surface area (Å²) in [5.41, 5.74) is 3.37. The standard InChI is InChI=1S/C16H18N2O2S/c1-6-18-10(4)13(15-17-8(2)7-20-15)14(19)12-9(3)11(5)21-16(12)18/h7H,6H2,1-5H3. The summed E-state index contributed by atoms with van der Waals surface area (Å²) in [6.45, 7) is 10.8. The van der Waals surface area contributed by atoms with E-state index in [1.54, 1.807) is 17.6 Å². The highest BCUT2D eigenvalue weighted by atomic mass is 32.1. The van der Waals surface area contributed by atoms with Crippen LogP contribution in [0.4, 0.5) is 0 Å². The summed E-state index contributed by atoms with van der Waals surface area (Å²) in [4.78, 5) is 19.5. The molecule has 0 saturated heterocycles. The Hall–Kier alpha value is -1.88. The third kappa shape index (κ3) is 1.95. The molecule has 5 heteroatoms. The first kappa shape index (κ1) is 14.1. The average molecular weight is 302 g/mol. The summed E-state index contributed by atoms with van der Waals surface area (Å²) < 4.78 is 7.66. The van der Waals surface area contributed by atoms with Gasteiger partial charge in [-0.05, 0) is 40.2 Å². The van der Waals surface area contributed by atoms with E-state index in [4.69, 9.17) is 4.42 Å². The molecule has 0 amide bonds. The van der Waals surface area contributed by atoms with Gasteiger partial charge in [-0.1, -0.05) is 0 Å². The molecule has 4 nitrogen and oxygen atoms in total. The number of thiophene rings is 1. The monoisotopic (exact) mass is 302 g/mol. The lowest BCUT2D eigenvalue weighted by Gasteiger charge is -2.13. The Bertz CT molecular complexity index is 899. The highest BCUT2D eigenvalue weighted by Crippen LogP contribution is 2.32. The third-order valence-corrected chi connectivity index (χ3v) is 5.21. The molecule has 0 aromatic carbocycles. The van der Waals surface area contributed by atoms with E-state index in [-0.39, 0.29) is 5.43 Å². The van der Waals surface area contributed by atoms with Gasteiger partial charge in [0.2, 0.25) is 11.3 Å². The number of rotatable bonds is 2. The summed E-state index contributed by atoms with van der Waals surface area (Å²) in [5.74, 6) is 0.419. The molecule has 3 aromatic heterocycles. The molecular formula is C16H18N2O2S. The molecule has 21 heavy (non-hydrogen) atoms. The van der Waals surface area contributed by atoms with Crippen molar-refractivity contribution >= 4 is 21.6 Å². The van der Waals surface area contributed by atoms with Gasteiger partial charge in [0.1, 0.15) is 16.7 Å². The fraction of sp³-hybridized carbons (Fsp3) is 0.375. The zero-order valence-electron chi connectivity index (χ0n) is 12.9. The lowest BCUT2D eigenvalue weighted by Crippen LogP contribution is -2.15. The Kier molecular flexibility index (Phi) is 3.24. The van der Waals surface area contributed by atoms with Crippen LogP contribution in [0.1, 0.15) is 28.8 Å². The lowest BCUT2D eigenvalue weighted by atomic mass is 10.1. The molecule has 0 radical (unpaired) electrons. The molecule has 110 valence electrons. The van der Waals surface area contributed by atoms with Gasteiger partial charge in [0.05, 0.1) is 11.1 Å². The first-order valence-corrected chi connectivity index (χ1v) is 7.83. The summed E-state index contributed by atoms with van der Waals surface area (Å²) in [6.07, 6.45) is 1.58. The minimum absolute atomic E-state index is 0.0240. The molecule has 0 aliphatic carbocycles. The highest BCUT2D eigenvalue weighted by molar-refractivity contribution is 7.18. The van der Waals surface area contributed by atoms with Gasteiger partial charge in [-0.3, -0.25) is 4.79 Å². The van der Waals surface area contributed by atoms with Gasteiger partial charge in [-0.2, -0.15) is 0 Å². The number of hydrogen-bond donors (Lipinski definition) is 0. The summed E-state index contributed by atoms with van der Waals surface area (Å²) >= 11 is 1.68. The number of aryl methyl sites for hydroxylation is 4. The van der Waals surface area contributed by atoms with Gasteiger partial charge >= 0.3 is 0 Å². The predicted molar refractivity (Wildman–Crippen MR) is 86.2 cm³/mol. The maximum absolute atomic E-state index is 13.0. The van der Waals surface area contributed by atoms with Crippen molar-refractivity contribution in [2.75, 3.05) is 0 Å². The van der Waals surface area contributed by atoms with Crippen molar-refractivity contribution in [1.82, 2.24) is 9.55 Å². The summed E-state index contributed by atoms with van der Waals surface area (Å²) in [5, 5.41) is 0.802. The zero-order chi connectivity index (χ0) is 15.3. The van der Waals surface area contributed by atoms with Gasteiger partial charge in [0, 0.05) is 17.1 Å². The van der Waals surface area contributed by atoms with Crippen molar-refractivity contribution < 1.29 is 4.42 Å². The topological polar surface area (TPSA) is 48.0 Å². The average Bonchev–Trinajstić information content (AvgIpc) is 2.96. The van der Waals surface area contributed by atoms with Crippen molar-refractivity contribution in [2.24, 2.45) is 0 Å². The van der Waals surface area contributed by atoms with Crippen LogP contribution < -0.4 is 5.43 Å². The van der Waals surface area contributed by atoms with Crippen LogP contribution in [-0.4, -0.2) is 9.55 Å². The van der Waals surface area contributed by atoms with Gasteiger partial charge in [-0.15, -0.1) is 11.3 Å². The van der Waals surface area contributed by atoms with E-state index in [0.717, 1.165) is 33.7 Å². The molecule has 0 spiro atoms. The molecule has 0 fully saturated rings. The summed E-state index contributed by atoms with van der Waals surface area (Å²) in [6, 6.07) is 0. The third-order valence-electron chi connectivity index (χ3n) is 3.98. The van der Waals surface area contributed by atoms with E-state index >= 15 is 0 Å². The number of fused-ring (bicyclic) bond motifs is 1. The Morgan fingerprint density at radius 1 is 1.29 bits per heavy atom. The molecule has 3 heterocycles. The van der Waals surface area contributed by atoms with Crippen molar-refractivity contribution in [3.63, 3.8) is 0 Å². The zero-order valence-corrected chi connectivity index (χ0v) is 13.7. The maximum Gasteiger partial charge on any atom is 0.231 e. The van der Waals surface area contributed by atoms with Crippen molar-refractivity contribution in [1.29, 1.82) is 0 Å². The minimum Gasteiger partial charge on any atom is -0.444 e. The van der Waals surface area contributed by atoms with Gasteiger partial charge < -0.3 is 8.98 Å². The molecule has 0 saturated carbocycles. The summed E-state index contributed by atoms with van der Waals surface area (Å²) in [7, 11) is 0. The van der Waals surface area contributed by atoms with E-state index in [0.29, 0.717) is 11.5 Å². The Balaban J connectivity index is 2.51. The predicted octanol–water partition coefficient (Wildman–Crippen LogP) is 3.97. The molecule has 0 N–H and O–H groups in total. The fourth-order valence-electron chi connectivity index (χ4n) is 2.74.